The van der Waals surface area contributed by atoms with E-state index < -0.39 is 5.91 Å². The molecule has 0 bridgehead atoms. The number of halogens is 1. The SMILES string of the molecule is CCOc1cc(/C=C(\C#N)C(=O)Nc2sc3c(c2C#N)CCCC3)c(Cl)cc1OC. The molecule has 0 spiro atoms. The maximum atomic E-state index is 12.8. The first-order chi connectivity index (χ1) is 14.5. The predicted octanol–water partition coefficient (Wildman–Crippen LogP) is 5.10. The summed E-state index contributed by atoms with van der Waals surface area (Å²) in [5, 5.41) is 22.7. The van der Waals surface area contributed by atoms with Crippen molar-refractivity contribution in [2.45, 2.75) is 32.6 Å². The van der Waals surface area contributed by atoms with E-state index in [4.69, 9.17) is 21.1 Å². The molecule has 30 heavy (non-hydrogen) atoms. The maximum absolute atomic E-state index is 12.8. The molecule has 1 aromatic carbocycles. The number of methoxy groups -OCH3 is 1. The van der Waals surface area contributed by atoms with Gasteiger partial charge in [0.15, 0.2) is 11.5 Å². The lowest BCUT2D eigenvalue weighted by Gasteiger charge is -2.11. The molecule has 1 aromatic heterocycles. The number of hydrogen-bond acceptors (Lipinski definition) is 6. The van der Waals surface area contributed by atoms with Gasteiger partial charge >= 0.3 is 0 Å². The molecule has 0 atom stereocenters. The molecule has 6 nitrogen and oxygen atoms in total. The predicted molar refractivity (Wildman–Crippen MR) is 117 cm³/mol. The Bertz CT molecular complexity index is 1090. The van der Waals surface area contributed by atoms with E-state index >= 15 is 0 Å². The summed E-state index contributed by atoms with van der Waals surface area (Å²) in [6.45, 7) is 2.26. The number of aryl methyl sites for hydroxylation is 1. The molecule has 1 heterocycles. The Hall–Kier alpha value is -3.00. The number of fused-ring (bicyclic) bond motifs is 1. The van der Waals surface area contributed by atoms with Gasteiger partial charge in [-0.3, -0.25) is 4.79 Å². The third-order valence-corrected chi connectivity index (χ3v) is 6.29. The van der Waals surface area contributed by atoms with Gasteiger partial charge in [0.1, 0.15) is 22.7 Å². The number of thiophene rings is 1. The number of hydrogen-bond donors (Lipinski definition) is 1. The smallest absolute Gasteiger partial charge is 0.266 e. The lowest BCUT2D eigenvalue weighted by atomic mass is 9.96. The van der Waals surface area contributed by atoms with E-state index in [0.717, 1.165) is 36.1 Å². The van der Waals surface area contributed by atoms with Crippen molar-refractivity contribution in [2.24, 2.45) is 0 Å². The molecule has 1 amide bonds. The zero-order valence-electron chi connectivity index (χ0n) is 16.7. The van der Waals surface area contributed by atoms with Gasteiger partial charge in [-0.15, -0.1) is 11.3 Å². The number of nitrogens with zero attached hydrogens (tertiary/aromatic N) is 2. The number of ether oxygens (including phenoxy) is 2. The van der Waals surface area contributed by atoms with Gasteiger partial charge in [0, 0.05) is 10.9 Å². The van der Waals surface area contributed by atoms with E-state index in [1.54, 1.807) is 12.1 Å². The largest absolute Gasteiger partial charge is 0.493 e. The molecule has 0 aliphatic heterocycles. The fraction of sp³-hybridized carbons (Fsp3) is 0.318. The van der Waals surface area contributed by atoms with Gasteiger partial charge in [0.05, 0.1) is 24.3 Å². The van der Waals surface area contributed by atoms with Crippen molar-refractivity contribution in [1.82, 2.24) is 0 Å². The van der Waals surface area contributed by atoms with Gasteiger partial charge < -0.3 is 14.8 Å². The topological polar surface area (TPSA) is 95.1 Å². The molecule has 1 aliphatic rings. The quantitative estimate of drug-likeness (QED) is 0.496. The van der Waals surface area contributed by atoms with Gasteiger partial charge in [-0.1, -0.05) is 11.6 Å². The molecular formula is C22H20ClN3O3S. The Labute approximate surface area is 184 Å². The van der Waals surface area contributed by atoms with Crippen LogP contribution < -0.4 is 14.8 Å². The molecule has 0 saturated carbocycles. The first-order valence-corrected chi connectivity index (χ1v) is 10.7. The minimum absolute atomic E-state index is 0.125. The summed E-state index contributed by atoms with van der Waals surface area (Å²) in [6, 6.07) is 7.32. The highest BCUT2D eigenvalue weighted by Crippen LogP contribution is 2.38. The third kappa shape index (κ3) is 4.43. The van der Waals surface area contributed by atoms with E-state index in [0.29, 0.717) is 39.3 Å². The molecule has 0 radical (unpaired) electrons. The second-order valence-corrected chi connectivity index (χ2v) is 8.12. The molecule has 0 saturated heterocycles. The Morgan fingerprint density at radius 3 is 2.73 bits per heavy atom. The van der Waals surface area contributed by atoms with Crippen LogP contribution in [-0.4, -0.2) is 19.6 Å². The molecule has 3 rings (SSSR count). The number of carbonyl (C=O) groups is 1. The molecule has 154 valence electrons. The van der Waals surface area contributed by atoms with Crippen molar-refractivity contribution >= 4 is 39.9 Å². The highest BCUT2D eigenvalue weighted by molar-refractivity contribution is 7.16. The first kappa shape index (κ1) is 21.7. The number of carbonyl (C=O) groups excluding carboxylic acids is 1. The Morgan fingerprint density at radius 2 is 2.07 bits per heavy atom. The minimum atomic E-state index is -0.586. The van der Waals surface area contributed by atoms with Crippen molar-refractivity contribution in [3.05, 3.63) is 44.3 Å². The fourth-order valence-electron chi connectivity index (χ4n) is 3.34. The van der Waals surface area contributed by atoms with Gasteiger partial charge in [-0.2, -0.15) is 10.5 Å². The second-order valence-electron chi connectivity index (χ2n) is 6.61. The Kier molecular flexibility index (Phi) is 6.99. The van der Waals surface area contributed by atoms with E-state index in [1.165, 1.54) is 24.5 Å². The highest BCUT2D eigenvalue weighted by Gasteiger charge is 2.23. The molecule has 0 fully saturated rings. The lowest BCUT2D eigenvalue weighted by Crippen LogP contribution is -2.13. The van der Waals surface area contributed by atoms with Crippen LogP contribution in [0, 0.1) is 22.7 Å². The molecule has 1 N–H and O–H groups in total. The van der Waals surface area contributed by atoms with Crippen LogP contribution in [0.4, 0.5) is 5.00 Å². The van der Waals surface area contributed by atoms with Gasteiger partial charge in [-0.05, 0) is 55.9 Å². The maximum Gasteiger partial charge on any atom is 0.266 e. The van der Waals surface area contributed by atoms with Crippen molar-refractivity contribution in [2.75, 3.05) is 19.0 Å². The van der Waals surface area contributed by atoms with Gasteiger partial charge in [0.25, 0.3) is 5.91 Å². The van der Waals surface area contributed by atoms with Crippen LogP contribution >= 0.6 is 22.9 Å². The lowest BCUT2D eigenvalue weighted by molar-refractivity contribution is -0.112. The summed E-state index contributed by atoms with van der Waals surface area (Å²) in [7, 11) is 1.51. The van der Waals surface area contributed by atoms with Gasteiger partial charge in [0.2, 0.25) is 0 Å². The summed E-state index contributed by atoms with van der Waals surface area (Å²) in [5.41, 5.74) is 1.85. The summed E-state index contributed by atoms with van der Waals surface area (Å²) in [6.07, 6.45) is 5.26. The Balaban J connectivity index is 1.92. The average molecular weight is 442 g/mol. The molecule has 8 heteroatoms. The normalized spacial score (nSPS) is 13.0. The molecule has 1 aliphatic carbocycles. The number of anilines is 1. The number of amides is 1. The van der Waals surface area contributed by atoms with Crippen LogP contribution in [0.3, 0.4) is 0 Å². The van der Waals surface area contributed by atoms with Crippen molar-refractivity contribution in [3.8, 4) is 23.6 Å². The number of nitriles is 2. The van der Waals surface area contributed by atoms with Crippen LogP contribution in [0.1, 0.15) is 41.3 Å². The van der Waals surface area contributed by atoms with Crippen LogP contribution in [0.15, 0.2) is 17.7 Å². The van der Waals surface area contributed by atoms with E-state index in [2.05, 4.69) is 11.4 Å². The summed E-state index contributed by atoms with van der Waals surface area (Å²) in [5.74, 6) is 0.341. The molecule has 2 aromatic rings. The molecule has 0 unspecified atom stereocenters. The van der Waals surface area contributed by atoms with Crippen molar-refractivity contribution in [3.63, 3.8) is 0 Å². The zero-order valence-corrected chi connectivity index (χ0v) is 18.2. The summed E-state index contributed by atoms with van der Waals surface area (Å²) < 4.78 is 10.8. The summed E-state index contributed by atoms with van der Waals surface area (Å²) in [4.78, 5) is 13.9. The van der Waals surface area contributed by atoms with E-state index in [9.17, 15) is 15.3 Å². The van der Waals surface area contributed by atoms with Crippen molar-refractivity contribution in [1.29, 1.82) is 10.5 Å². The van der Waals surface area contributed by atoms with Gasteiger partial charge in [-0.25, -0.2) is 0 Å². The minimum Gasteiger partial charge on any atom is -0.493 e. The second kappa shape index (κ2) is 9.67. The Morgan fingerprint density at radius 1 is 1.30 bits per heavy atom. The number of benzene rings is 1. The monoisotopic (exact) mass is 441 g/mol. The van der Waals surface area contributed by atoms with Crippen molar-refractivity contribution < 1.29 is 14.3 Å². The number of nitrogens with one attached hydrogen (secondary N) is 1. The summed E-state index contributed by atoms with van der Waals surface area (Å²) >= 11 is 7.71. The van der Waals surface area contributed by atoms with Crippen LogP contribution in [0.5, 0.6) is 11.5 Å². The van der Waals surface area contributed by atoms with Crippen LogP contribution in [0.25, 0.3) is 6.08 Å². The van der Waals surface area contributed by atoms with E-state index in [-0.39, 0.29) is 5.57 Å². The van der Waals surface area contributed by atoms with E-state index in [1.807, 2.05) is 13.0 Å². The number of rotatable bonds is 6. The zero-order chi connectivity index (χ0) is 21.7. The van der Waals surface area contributed by atoms with Crippen LogP contribution in [0.2, 0.25) is 5.02 Å². The average Bonchev–Trinajstić information content (AvgIpc) is 3.10. The fourth-order valence-corrected chi connectivity index (χ4v) is 4.78. The highest BCUT2D eigenvalue weighted by atomic mass is 35.5. The third-order valence-electron chi connectivity index (χ3n) is 4.76. The van der Waals surface area contributed by atoms with Crippen LogP contribution in [-0.2, 0) is 17.6 Å². The molecular weight excluding hydrogens is 422 g/mol. The first-order valence-electron chi connectivity index (χ1n) is 9.50. The standard InChI is InChI=1S/C22H20ClN3O3S/c1-3-29-19-9-13(17(23)10-18(19)28-2)8-14(11-24)21(27)26-22-16(12-25)15-6-4-5-7-20(15)30-22/h8-10H,3-7H2,1-2H3,(H,26,27)/b14-8+.